The first kappa shape index (κ1) is 15.2. The summed E-state index contributed by atoms with van der Waals surface area (Å²) >= 11 is 0. The quantitative estimate of drug-likeness (QED) is 0.574. The van der Waals surface area contributed by atoms with Crippen molar-refractivity contribution in [3.05, 3.63) is 54.1 Å². The van der Waals surface area contributed by atoms with Gasteiger partial charge in [0.15, 0.2) is 17.5 Å². The van der Waals surface area contributed by atoms with Crippen molar-refractivity contribution < 1.29 is 9.13 Å². The highest BCUT2D eigenvalue weighted by Gasteiger charge is 2.05. The Bertz CT molecular complexity index is 698. The van der Waals surface area contributed by atoms with E-state index in [0.717, 1.165) is 5.56 Å². The van der Waals surface area contributed by atoms with Crippen LogP contribution in [-0.4, -0.2) is 16.9 Å². The zero-order valence-corrected chi connectivity index (χ0v) is 11.6. The molecule has 0 amide bonds. The minimum Gasteiger partial charge on any atom is -0.486 e. The number of nitrogens with zero attached hydrogens (tertiary/aromatic N) is 3. The largest absolute Gasteiger partial charge is 0.486 e. The Kier molecular flexibility index (Phi) is 4.86. The number of aliphatic imine (C=N–C) groups is 2. The van der Waals surface area contributed by atoms with Gasteiger partial charge in [-0.2, -0.15) is 4.99 Å². The standard InChI is InChI=1S/C14H15FN6O/c15-11-7-10(20-14(18)21-13(16)17)1-2-12(11)22-8-9-3-5-19-6-4-9/h1-7H,8H2,(H6,16,17,18,20,21). The zero-order valence-electron chi connectivity index (χ0n) is 11.6. The molecule has 0 fully saturated rings. The predicted molar refractivity (Wildman–Crippen MR) is 82.1 cm³/mol. The summed E-state index contributed by atoms with van der Waals surface area (Å²) in [7, 11) is 0. The van der Waals surface area contributed by atoms with Crippen molar-refractivity contribution in [2.24, 2.45) is 27.2 Å². The van der Waals surface area contributed by atoms with Gasteiger partial charge in [-0.15, -0.1) is 0 Å². The Morgan fingerprint density at radius 3 is 2.50 bits per heavy atom. The van der Waals surface area contributed by atoms with Crippen LogP contribution in [0.1, 0.15) is 5.56 Å². The third-order valence-electron chi connectivity index (χ3n) is 2.55. The molecule has 2 aromatic rings. The van der Waals surface area contributed by atoms with Crippen LogP contribution in [0.5, 0.6) is 5.75 Å². The van der Waals surface area contributed by atoms with Crippen LogP contribution in [0.2, 0.25) is 0 Å². The van der Waals surface area contributed by atoms with Gasteiger partial charge in [0.05, 0.1) is 5.69 Å². The summed E-state index contributed by atoms with van der Waals surface area (Å²) in [5.74, 6) is -0.840. The molecule has 0 saturated heterocycles. The van der Waals surface area contributed by atoms with Gasteiger partial charge in [-0.3, -0.25) is 4.98 Å². The molecule has 0 aliphatic carbocycles. The number of aromatic nitrogens is 1. The summed E-state index contributed by atoms with van der Waals surface area (Å²) in [6.45, 7) is 0.234. The van der Waals surface area contributed by atoms with E-state index < -0.39 is 5.82 Å². The van der Waals surface area contributed by atoms with E-state index in [9.17, 15) is 4.39 Å². The molecule has 7 nitrogen and oxygen atoms in total. The van der Waals surface area contributed by atoms with Crippen LogP contribution in [0.15, 0.2) is 52.7 Å². The van der Waals surface area contributed by atoms with E-state index in [2.05, 4.69) is 15.0 Å². The minimum atomic E-state index is -0.562. The number of guanidine groups is 2. The van der Waals surface area contributed by atoms with Crippen LogP contribution in [0.25, 0.3) is 0 Å². The molecule has 0 bridgehead atoms. The number of hydrogen-bond acceptors (Lipinski definition) is 3. The number of hydrogen-bond donors (Lipinski definition) is 3. The van der Waals surface area contributed by atoms with Crippen molar-refractivity contribution in [1.29, 1.82) is 0 Å². The Hall–Kier alpha value is -3.16. The van der Waals surface area contributed by atoms with E-state index in [0.29, 0.717) is 0 Å². The van der Waals surface area contributed by atoms with Crippen molar-refractivity contribution in [2.75, 3.05) is 0 Å². The fourth-order valence-corrected chi connectivity index (χ4v) is 1.61. The van der Waals surface area contributed by atoms with Crippen LogP contribution in [0.4, 0.5) is 10.1 Å². The van der Waals surface area contributed by atoms with E-state index in [-0.39, 0.29) is 30.0 Å². The van der Waals surface area contributed by atoms with Gasteiger partial charge in [-0.25, -0.2) is 9.38 Å². The molecule has 0 spiro atoms. The molecule has 0 saturated carbocycles. The average molecular weight is 302 g/mol. The average Bonchev–Trinajstić information content (AvgIpc) is 2.46. The molecule has 0 aliphatic rings. The summed E-state index contributed by atoms with van der Waals surface area (Å²) < 4.78 is 19.3. The van der Waals surface area contributed by atoms with Crippen LogP contribution < -0.4 is 21.9 Å². The third-order valence-corrected chi connectivity index (χ3v) is 2.55. The van der Waals surface area contributed by atoms with Gasteiger partial charge < -0.3 is 21.9 Å². The lowest BCUT2D eigenvalue weighted by atomic mass is 10.2. The van der Waals surface area contributed by atoms with Crippen molar-refractivity contribution in [1.82, 2.24) is 4.98 Å². The molecule has 0 aliphatic heterocycles. The molecule has 114 valence electrons. The SMILES string of the molecule is NC(N)=NC(N)=Nc1ccc(OCc2ccncc2)c(F)c1. The lowest BCUT2D eigenvalue weighted by molar-refractivity contribution is 0.290. The summed E-state index contributed by atoms with van der Waals surface area (Å²) in [6.07, 6.45) is 3.28. The van der Waals surface area contributed by atoms with E-state index in [1.54, 1.807) is 30.6 Å². The summed E-state index contributed by atoms with van der Waals surface area (Å²) in [4.78, 5) is 11.3. The highest BCUT2D eigenvalue weighted by molar-refractivity contribution is 5.93. The van der Waals surface area contributed by atoms with Crippen molar-refractivity contribution in [3.63, 3.8) is 0 Å². The maximum atomic E-state index is 13.9. The normalized spacial score (nSPS) is 11.0. The molecular formula is C14H15FN6O. The van der Waals surface area contributed by atoms with Crippen molar-refractivity contribution in [3.8, 4) is 5.75 Å². The topological polar surface area (TPSA) is 125 Å². The van der Waals surface area contributed by atoms with Gasteiger partial charge in [0.1, 0.15) is 6.61 Å². The van der Waals surface area contributed by atoms with Gasteiger partial charge in [0.2, 0.25) is 5.96 Å². The molecule has 0 unspecified atom stereocenters. The highest BCUT2D eigenvalue weighted by Crippen LogP contribution is 2.23. The summed E-state index contributed by atoms with van der Waals surface area (Å²) in [6, 6.07) is 7.74. The molecular weight excluding hydrogens is 287 g/mol. The number of pyridine rings is 1. The molecule has 2 rings (SSSR count). The molecule has 0 atom stereocenters. The van der Waals surface area contributed by atoms with E-state index in [1.807, 2.05) is 0 Å². The first-order valence-electron chi connectivity index (χ1n) is 6.29. The van der Waals surface area contributed by atoms with E-state index in [4.69, 9.17) is 21.9 Å². The predicted octanol–water partition coefficient (Wildman–Crippen LogP) is 1.02. The van der Waals surface area contributed by atoms with Crippen LogP contribution in [-0.2, 0) is 6.61 Å². The van der Waals surface area contributed by atoms with Gasteiger partial charge >= 0.3 is 0 Å². The van der Waals surface area contributed by atoms with E-state index >= 15 is 0 Å². The number of rotatable bonds is 4. The van der Waals surface area contributed by atoms with E-state index in [1.165, 1.54) is 12.1 Å². The number of ether oxygens (including phenoxy) is 1. The fraction of sp³-hybridized carbons (Fsp3) is 0.0714. The van der Waals surface area contributed by atoms with Crippen molar-refractivity contribution >= 4 is 17.6 Å². The molecule has 1 heterocycles. The Morgan fingerprint density at radius 2 is 1.86 bits per heavy atom. The smallest absolute Gasteiger partial charge is 0.223 e. The third kappa shape index (κ3) is 4.44. The number of benzene rings is 1. The second-order valence-corrected chi connectivity index (χ2v) is 4.27. The zero-order chi connectivity index (χ0) is 15.9. The molecule has 1 aromatic heterocycles. The Morgan fingerprint density at radius 1 is 1.14 bits per heavy atom. The van der Waals surface area contributed by atoms with Crippen LogP contribution in [0.3, 0.4) is 0 Å². The second-order valence-electron chi connectivity index (χ2n) is 4.27. The fourth-order valence-electron chi connectivity index (χ4n) is 1.61. The van der Waals surface area contributed by atoms with Crippen LogP contribution >= 0.6 is 0 Å². The van der Waals surface area contributed by atoms with Gasteiger partial charge in [0.25, 0.3) is 0 Å². The Balaban J connectivity index is 2.08. The highest BCUT2D eigenvalue weighted by atomic mass is 19.1. The summed E-state index contributed by atoms with van der Waals surface area (Å²) in [5.41, 5.74) is 17.0. The Labute approximate surface area is 126 Å². The van der Waals surface area contributed by atoms with Crippen molar-refractivity contribution in [2.45, 2.75) is 6.61 Å². The second kappa shape index (κ2) is 7.02. The first-order valence-corrected chi connectivity index (χ1v) is 6.29. The molecule has 0 radical (unpaired) electrons. The minimum absolute atomic E-state index is 0.108. The molecule has 22 heavy (non-hydrogen) atoms. The first-order chi connectivity index (χ1) is 10.5. The lowest BCUT2D eigenvalue weighted by Crippen LogP contribution is -2.26. The molecule has 8 heteroatoms. The maximum absolute atomic E-state index is 13.9. The number of halogens is 1. The number of nitrogens with two attached hydrogens (primary N) is 3. The van der Waals surface area contributed by atoms with Gasteiger partial charge in [0, 0.05) is 18.5 Å². The summed E-state index contributed by atoms with van der Waals surface area (Å²) in [5, 5.41) is 0. The van der Waals surface area contributed by atoms with Gasteiger partial charge in [-0.05, 0) is 29.8 Å². The maximum Gasteiger partial charge on any atom is 0.223 e. The monoisotopic (exact) mass is 302 g/mol. The lowest BCUT2D eigenvalue weighted by Gasteiger charge is -2.07. The van der Waals surface area contributed by atoms with Crippen LogP contribution in [0, 0.1) is 5.82 Å². The molecule has 1 aromatic carbocycles. The van der Waals surface area contributed by atoms with Gasteiger partial charge in [-0.1, -0.05) is 0 Å². The molecule has 6 N–H and O–H groups in total.